The molecular formula is C25H31N3O4. The molecule has 1 aliphatic heterocycles. The van der Waals surface area contributed by atoms with Gasteiger partial charge in [-0.25, -0.2) is 0 Å². The van der Waals surface area contributed by atoms with Crippen molar-refractivity contribution in [1.82, 2.24) is 14.8 Å². The van der Waals surface area contributed by atoms with Crippen LogP contribution in [-0.4, -0.2) is 46.7 Å². The van der Waals surface area contributed by atoms with E-state index in [4.69, 9.17) is 0 Å². The van der Waals surface area contributed by atoms with E-state index in [9.17, 15) is 19.2 Å². The number of benzene rings is 1. The molecule has 0 spiro atoms. The van der Waals surface area contributed by atoms with Gasteiger partial charge < -0.3 is 10.2 Å². The maximum atomic E-state index is 13.4. The predicted octanol–water partition coefficient (Wildman–Crippen LogP) is 2.67. The fourth-order valence-corrected chi connectivity index (χ4v) is 3.93. The van der Waals surface area contributed by atoms with Crippen molar-refractivity contribution >= 4 is 17.6 Å². The fourth-order valence-electron chi connectivity index (χ4n) is 3.93. The lowest BCUT2D eigenvalue weighted by Crippen LogP contribution is -2.48. The molecule has 0 saturated carbocycles. The van der Waals surface area contributed by atoms with Crippen molar-refractivity contribution in [3.63, 3.8) is 0 Å². The topological polar surface area (TPSA) is 88.5 Å². The van der Waals surface area contributed by atoms with Gasteiger partial charge in [-0.1, -0.05) is 50.2 Å². The molecular weight excluding hydrogens is 406 g/mol. The Hall–Kier alpha value is -3.22. The summed E-state index contributed by atoms with van der Waals surface area (Å²) in [5.41, 5.74) is -0.0319. The fraction of sp³-hybridized carbons (Fsp3) is 0.440. The molecule has 1 N–H and O–H groups in total. The Labute approximate surface area is 188 Å². The molecule has 7 heteroatoms. The normalized spacial score (nSPS) is 15.4. The van der Waals surface area contributed by atoms with E-state index in [-0.39, 0.29) is 11.8 Å². The minimum Gasteiger partial charge on any atom is -0.356 e. The van der Waals surface area contributed by atoms with Crippen LogP contribution < -0.4 is 10.9 Å². The predicted molar refractivity (Wildman–Crippen MR) is 122 cm³/mol. The number of amides is 2. The smallest absolute Gasteiger partial charge is 0.253 e. The molecule has 1 aliphatic rings. The van der Waals surface area contributed by atoms with E-state index in [0.717, 1.165) is 6.42 Å². The van der Waals surface area contributed by atoms with E-state index < -0.39 is 23.3 Å². The average Bonchev–Trinajstić information content (AvgIpc) is 2.80. The minimum absolute atomic E-state index is 0.0222. The second kappa shape index (κ2) is 10.9. The molecule has 3 rings (SSSR count). The summed E-state index contributed by atoms with van der Waals surface area (Å²) in [6.45, 7) is 5.63. The number of rotatable bonds is 8. The van der Waals surface area contributed by atoms with Gasteiger partial charge in [0.1, 0.15) is 0 Å². The van der Waals surface area contributed by atoms with Crippen molar-refractivity contribution in [3.8, 4) is 0 Å². The van der Waals surface area contributed by atoms with Crippen LogP contribution in [0.3, 0.4) is 0 Å². The van der Waals surface area contributed by atoms with E-state index >= 15 is 0 Å². The number of piperidine rings is 1. The van der Waals surface area contributed by atoms with Gasteiger partial charge in [-0.05, 0) is 31.2 Å². The highest BCUT2D eigenvalue weighted by Gasteiger charge is 2.36. The van der Waals surface area contributed by atoms with Gasteiger partial charge in [0.25, 0.3) is 11.5 Å². The molecule has 1 aromatic carbocycles. The van der Waals surface area contributed by atoms with E-state index in [1.165, 1.54) is 16.8 Å². The summed E-state index contributed by atoms with van der Waals surface area (Å²) in [6.07, 6.45) is 3.48. The summed E-state index contributed by atoms with van der Waals surface area (Å²) in [7, 11) is 0. The maximum Gasteiger partial charge on any atom is 0.253 e. The van der Waals surface area contributed by atoms with E-state index in [2.05, 4.69) is 19.2 Å². The zero-order valence-corrected chi connectivity index (χ0v) is 18.7. The molecule has 1 aromatic heterocycles. The Kier molecular flexibility index (Phi) is 7.98. The first-order chi connectivity index (χ1) is 15.4. The highest BCUT2D eigenvalue weighted by atomic mass is 16.2. The molecule has 0 radical (unpaired) electrons. The second-order valence-corrected chi connectivity index (χ2v) is 8.65. The molecule has 1 saturated heterocycles. The largest absolute Gasteiger partial charge is 0.356 e. The van der Waals surface area contributed by atoms with Crippen molar-refractivity contribution < 1.29 is 14.4 Å². The number of Topliss-reactive ketones (excluding diaryl/α,β-unsaturated/α-hetero) is 1. The van der Waals surface area contributed by atoms with Crippen LogP contribution in [0.2, 0.25) is 0 Å². The van der Waals surface area contributed by atoms with Crippen LogP contribution >= 0.6 is 0 Å². The number of nitrogens with zero attached hydrogens (tertiary/aromatic N) is 2. The van der Waals surface area contributed by atoms with Crippen LogP contribution in [0.25, 0.3) is 0 Å². The lowest BCUT2D eigenvalue weighted by molar-refractivity contribution is -0.137. The number of hydrogen-bond donors (Lipinski definition) is 1. The zero-order chi connectivity index (χ0) is 23.1. The monoisotopic (exact) mass is 437 g/mol. The highest BCUT2D eigenvalue weighted by Crippen LogP contribution is 2.22. The molecule has 1 unspecified atom stereocenters. The first-order valence-electron chi connectivity index (χ1n) is 11.2. The third-order valence-corrected chi connectivity index (χ3v) is 5.87. The van der Waals surface area contributed by atoms with Crippen LogP contribution in [0.5, 0.6) is 0 Å². The summed E-state index contributed by atoms with van der Waals surface area (Å²) in [6, 6.07) is 11.8. The van der Waals surface area contributed by atoms with Crippen LogP contribution in [0.15, 0.2) is 59.5 Å². The first-order valence-corrected chi connectivity index (χ1v) is 11.2. The van der Waals surface area contributed by atoms with Crippen LogP contribution in [0.4, 0.5) is 0 Å². The molecule has 1 fully saturated rings. The number of carbonyl (C=O) groups excluding carboxylic acids is 3. The Bertz CT molecular complexity index is 992. The van der Waals surface area contributed by atoms with Crippen molar-refractivity contribution in [1.29, 1.82) is 0 Å². The van der Waals surface area contributed by atoms with Crippen LogP contribution in [0.1, 0.15) is 49.5 Å². The van der Waals surface area contributed by atoms with Crippen LogP contribution in [0, 0.1) is 11.8 Å². The molecule has 2 heterocycles. The summed E-state index contributed by atoms with van der Waals surface area (Å²) in [4.78, 5) is 53.2. The van der Waals surface area contributed by atoms with Gasteiger partial charge in [0.2, 0.25) is 5.91 Å². The molecule has 2 aromatic rings. The van der Waals surface area contributed by atoms with Crippen molar-refractivity contribution in [2.75, 3.05) is 19.6 Å². The number of aromatic nitrogens is 1. The van der Waals surface area contributed by atoms with Gasteiger partial charge in [-0.15, -0.1) is 0 Å². The van der Waals surface area contributed by atoms with Gasteiger partial charge in [0.05, 0.1) is 0 Å². The van der Waals surface area contributed by atoms with Gasteiger partial charge in [0.15, 0.2) is 11.8 Å². The number of carbonyl (C=O) groups is 3. The first kappa shape index (κ1) is 23.4. The molecule has 1 atom stereocenters. The van der Waals surface area contributed by atoms with E-state index in [1.54, 1.807) is 47.4 Å². The molecule has 170 valence electrons. The summed E-state index contributed by atoms with van der Waals surface area (Å²) < 4.78 is 1.20. The quantitative estimate of drug-likeness (QED) is 0.508. The SMILES string of the molecule is CC(C)CCNC(=O)C1CCN(C(=O)C(C(=O)c2ccccc2)n2ccccc2=O)CC1. The number of ketones is 1. The third kappa shape index (κ3) is 5.72. The van der Waals surface area contributed by atoms with Crippen molar-refractivity contribution in [3.05, 3.63) is 70.6 Å². The second-order valence-electron chi connectivity index (χ2n) is 8.65. The standard InChI is InChI=1S/C25H31N3O4/c1-18(2)11-14-26-24(31)20-12-16-27(17-13-20)25(32)22(28-15-7-6-10-21(28)29)23(30)19-8-4-3-5-9-19/h3-10,15,18,20,22H,11-14,16-17H2,1-2H3,(H,26,31). The third-order valence-electron chi connectivity index (χ3n) is 5.87. The highest BCUT2D eigenvalue weighted by molar-refractivity contribution is 6.11. The number of nitrogens with one attached hydrogen (secondary N) is 1. The Balaban J connectivity index is 1.73. The Morgan fingerprint density at radius 1 is 1.00 bits per heavy atom. The average molecular weight is 438 g/mol. The molecule has 7 nitrogen and oxygen atoms in total. The van der Waals surface area contributed by atoms with Gasteiger partial charge in [-0.2, -0.15) is 0 Å². The molecule has 0 aliphatic carbocycles. The lowest BCUT2D eigenvalue weighted by Gasteiger charge is -2.33. The summed E-state index contributed by atoms with van der Waals surface area (Å²) in [5, 5.41) is 2.98. The summed E-state index contributed by atoms with van der Waals surface area (Å²) in [5.74, 6) is -0.429. The maximum absolute atomic E-state index is 13.4. The van der Waals surface area contributed by atoms with E-state index in [1.807, 2.05) is 0 Å². The van der Waals surface area contributed by atoms with Crippen LogP contribution in [-0.2, 0) is 9.59 Å². The zero-order valence-electron chi connectivity index (χ0n) is 18.7. The lowest BCUT2D eigenvalue weighted by atomic mass is 9.94. The molecule has 32 heavy (non-hydrogen) atoms. The van der Waals surface area contributed by atoms with Gasteiger partial charge >= 0.3 is 0 Å². The Morgan fingerprint density at radius 3 is 2.28 bits per heavy atom. The van der Waals surface area contributed by atoms with E-state index in [0.29, 0.717) is 44.0 Å². The van der Waals surface area contributed by atoms with Gasteiger partial charge in [0, 0.05) is 43.4 Å². The molecule has 2 amide bonds. The summed E-state index contributed by atoms with van der Waals surface area (Å²) >= 11 is 0. The van der Waals surface area contributed by atoms with Crippen molar-refractivity contribution in [2.45, 2.75) is 39.2 Å². The number of hydrogen-bond acceptors (Lipinski definition) is 4. The van der Waals surface area contributed by atoms with Crippen molar-refractivity contribution in [2.24, 2.45) is 11.8 Å². The Morgan fingerprint density at radius 2 is 1.66 bits per heavy atom. The number of likely N-dealkylation sites (tertiary alicyclic amines) is 1. The minimum atomic E-state index is -1.26. The van der Waals surface area contributed by atoms with Gasteiger partial charge in [-0.3, -0.25) is 23.7 Å². The number of pyridine rings is 1. The molecule has 0 bridgehead atoms.